The maximum absolute atomic E-state index is 10.6. The molecule has 0 aromatic heterocycles. The summed E-state index contributed by atoms with van der Waals surface area (Å²) < 4.78 is 29.9. The summed E-state index contributed by atoms with van der Waals surface area (Å²) in [6.45, 7) is 0. The molecule has 0 heterocycles. The Kier molecular flexibility index (Phi) is 4.71. The third kappa shape index (κ3) is 2.68. The average molecular weight is 203 g/mol. The molecule has 0 amide bonds. The standard InChI is InChI=1S/C6H12O4S.Na/c7-6(11(8,9)10)4-2-1-3-5-6;/h7H,1-5H2,(H,8,9,10);. The zero-order chi connectivity index (χ0) is 8.54. The van der Waals surface area contributed by atoms with Gasteiger partial charge < -0.3 is 5.11 Å². The van der Waals surface area contributed by atoms with Crippen LogP contribution < -0.4 is 0 Å². The van der Waals surface area contributed by atoms with E-state index >= 15 is 0 Å². The SMILES string of the molecule is O=S(=O)(O)C1(O)CCCCC1.[Na]. The van der Waals surface area contributed by atoms with Crippen molar-refractivity contribution in [3.05, 3.63) is 0 Å². The molecular weight excluding hydrogens is 191 g/mol. The van der Waals surface area contributed by atoms with Crippen molar-refractivity contribution in [3.8, 4) is 0 Å². The van der Waals surface area contributed by atoms with Gasteiger partial charge in [0.1, 0.15) is 0 Å². The number of hydrogen-bond donors (Lipinski definition) is 2. The van der Waals surface area contributed by atoms with Crippen molar-refractivity contribution in [2.24, 2.45) is 0 Å². The number of hydrogen-bond acceptors (Lipinski definition) is 3. The molecule has 0 unspecified atom stereocenters. The molecule has 0 bridgehead atoms. The molecular formula is C6H12NaO4S. The third-order valence-corrected chi connectivity index (χ3v) is 3.48. The maximum atomic E-state index is 10.6. The van der Waals surface area contributed by atoms with E-state index in [-0.39, 0.29) is 42.4 Å². The van der Waals surface area contributed by atoms with Gasteiger partial charge in [-0.2, -0.15) is 8.42 Å². The summed E-state index contributed by atoms with van der Waals surface area (Å²) in [6.07, 6.45) is 2.57. The zero-order valence-corrected chi connectivity index (χ0v) is 9.97. The van der Waals surface area contributed by atoms with Gasteiger partial charge in [-0.15, -0.1) is 0 Å². The van der Waals surface area contributed by atoms with Crippen LogP contribution in [-0.2, 0) is 10.1 Å². The Morgan fingerprint density at radius 2 is 1.50 bits per heavy atom. The fourth-order valence-electron chi connectivity index (χ4n) is 1.36. The molecule has 1 aliphatic rings. The van der Waals surface area contributed by atoms with Gasteiger partial charge in [-0.1, -0.05) is 6.42 Å². The second kappa shape index (κ2) is 4.39. The van der Waals surface area contributed by atoms with E-state index < -0.39 is 15.1 Å². The van der Waals surface area contributed by atoms with Crippen molar-refractivity contribution in [2.45, 2.75) is 37.0 Å². The van der Waals surface area contributed by atoms with E-state index in [1.54, 1.807) is 0 Å². The van der Waals surface area contributed by atoms with Crippen molar-refractivity contribution < 1.29 is 18.1 Å². The van der Waals surface area contributed by atoms with Crippen molar-refractivity contribution >= 4 is 39.7 Å². The van der Waals surface area contributed by atoms with Gasteiger partial charge in [-0.05, 0) is 25.7 Å². The average Bonchev–Trinajstić information content (AvgIpc) is 1.87. The monoisotopic (exact) mass is 203 g/mol. The van der Waals surface area contributed by atoms with E-state index in [1.165, 1.54) is 0 Å². The molecule has 0 spiro atoms. The molecule has 0 aliphatic heterocycles. The molecule has 1 rings (SSSR count). The van der Waals surface area contributed by atoms with Gasteiger partial charge in [0.15, 0.2) is 4.93 Å². The van der Waals surface area contributed by atoms with Crippen LogP contribution in [0, 0.1) is 0 Å². The second-order valence-electron chi connectivity index (χ2n) is 2.98. The number of aliphatic hydroxyl groups is 1. The van der Waals surface area contributed by atoms with Crippen LogP contribution in [0.1, 0.15) is 32.1 Å². The van der Waals surface area contributed by atoms with Gasteiger partial charge in [0, 0.05) is 29.6 Å². The van der Waals surface area contributed by atoms with E-state index in [9.17, 15) is 13.5 Å². The molecule has 0 atom stereocenters. The van der Waals surface area contributed by atoms with Crippen LogP contribution in [0.3, 0.4) is 0 Å². The minimum absolute atomic E-state index is 0. The molecule has 1 fully saturated rings. The van der Waals surface area contributed by atoms with Gasteiger partial charge in [-0.3, -0.25) is 4.55 Å². The molecule has 6 heteroatoms. The Hall–Kier alpha value is 0.870. The van der Waals surface area contributed by atoms with E-state index in [2.05, 4.69) is 0 Å². The van der Waals surface area contributed by atoms with Crippen LogP contribution in [-0.4, -0.2) is 52.6 Å². The molecule has 0 aromatic carbocycles. The van der Waals surface area contributed by atoms with Crippen LogP contribution in [0.4, 0.5) is 0 Å². The van der Waals surface area contributed by atoms with E-state index in [0.29, 0.717) is 12.8 Å². The number of rotatable bonds is 1. The van der Waals surface area contributed by atoms with Crippen LogP contribution in [0.5, 0.6) is 0 Å². The molecule has 1 radical (unpaired) electrons. The van der Waals surface area contributed by atoms with E-state index in [1.807, 2.05) is 0 Å². The van der Waals surface area contributed by atoms with Gasteiger partial charge in [0.2, 0.25) is 0 Å². The summed E-state index contributed by atoms with van der Waals surface area (Å²) in [5.41, 5.74) is 0. The topological polar surface area (TPSA) is 74.6 Å². The van der Waals surface area contributed by atoms with Gasteiger partial charge in [0.25, 0.3) is 10.1 Å². The van der Waals surface area contributed by atoms with Crippen LogP contribution in [0.25, 0.3) is 0 Å². The fraction of sp³-hybridized carbons (Fsp3) is 1.00. The minimum Gasteiger partial charge on any atom is -0.372 e. The quantitative estimate of drug-likeness (QED) is 0.470. The summed E-state index contributed by atoms with van der Waals surface area (Å²) in [7, 11) is -4.27. The maximum Gasteiger partial charge on any atom is 0.294 e. The summed E-state index contributed by atoms with van der Waals surface area (Å²) >= 11 is 0. The van der Waals surface area contributed by atoms with Crippen LogP contribution in [0.2, 0.25) is 0 Å². The molecule has 0 aromatic rings. The Morgan fingerprint density at radius 1 is 1.08 bits per heavy atom. The minimum atomic E-state index is -4.27. The predicted molar refractivity (Wildman–Crippen MR) is 45.3 cm³/mol. The van der Waals surface area contributed by atoms with Crippen molar-refractivity contribution in [3.63, 3.8) is 0 Å². The zero-order valence-electron chi connectivity index (χ0n) is 7.15. The first-order valence-electron chi connectivity index (χ1n) is 3.65. The van der Waals surface area contributed by atoms with Crippen LogP contribution in [0.15, 0.2) is 0 Å². The predicted octanol–water partition coefficient (Wildman–Crippen LogP) is 0.146. The smallest absolute Gasteiger partial charge is 0.294 e. The molecule has 12 heavy (non-hydrogen) atoms. The molecule has 2 N–H and O–H groups in total. The molecule has 1 aliphatic carbocycles. The Labute approximate surface area is 94.4 Å². The molecule has 0 saturated heterocycles. The van der Waals surface area contributed by atoms with Gasteiger partial charge >= 0.3 is 0 Å². The first kappa shape index (κ1) is 12.9. The Morgan fingerprint density at radius 3 is 1.75 bits per heavy atom. The summed E-state index contributed by atoms with van der Waals surface area (Å²) in [5.74, 6) is 0. The van der Waals surface area contributed by atoms with Gasteiger partial charge in [0.05, 0.1) is 0 Å². The Bertz CT molecular complexity index is 230. The van der Waals surface area contributed by atoms with Crippen molar-refractivity contribution in [1.29, 1.82) is 0 Å². The first-order valence-corrected chi connectivity index (χ1v) is 5.09. The van der Waals surface area contributed by atoms with Gasteiger partial charge in [-0.25, -0.2) is 0 Å². The van der Waals surface area contributed by atoms with E-state index in [4.69, 9.17) is 4.55 Å². The summed E-state index contributed by atoms with van der Waals surface area (Å²) in [5, 5.41) is 9.37. The molecule has 1 saturated carbocycles. The van der Waals surface area contributed by atoms with E-state index in [0.717, 1.165) is 6.42 Å². The fourth-order valence-corrected chi connectivity index (χ4v) is 2.17. The summed E-state index contributed by atoms with van der Waals surface area (Å²) in [6, 6.07) is 0. The molecule has 4 nitrogen and oxygen atoms in total. The van der Waals surface area contributed by atoms with Crippen molar-refractivity contribution in [1.82, 2.24) is 0 Å². The largest absolute Gasteiger partial charge is 0.372 e. The summed E-state index contributed by atoms with van der Waals surface area (Å²) in [4.78, 5) is -1.86. The van der Waals surface area contributed by atoms with Crippen LogP contribution >= 0.6 is 0 Å². The second-order valence-corrected chi connectivity index (χ2v) is 4.69. The van der Waals surface area contributed by atoms with Crippen molar-refractivity contribution in [2.75, 3.05) is 0 Å². The first-order chi connectivity index (χ1) is 4.96. The normalized spacial score (nSPS) is 22.8. The third-order valence-electron chi connectivity index (χ3n) is 2.11. The Balaban J connectivity index is 0.00000121. The molecule has 67 valence electrons.